The molecule has 1 aliphatic carbocycles. The lowest BCUT2D eigenvalue weighted by Crippen LogP contribution is -2.40. The van der Waals surface area contributed by atoms with Crippen LogP contribution in [-0.2, 0) is 0 Å². The van der Waals surface area contributed by atoms with Crippen LogP contribution in [0.25, 0.3) is 10.8 Å². The fourth-order valence-corrected chi connectivity index (χ4v) is 5.20. The van der Waals surface area contributed by atoms with Crippen molar-refractivity contribution in [2.75, 3.05) is 19.6 Å². The van der Waals surface area contributed by atoms with Crippen LogP contribution in [0.4, 0.5) is 0 Å². The maximum Gasteiger partial charge on any atom is 0.255 e. The van der Waals surface area contributed by atoms with Gasteiger partial charge in [-0.25, -0.2) is 0 Å². The van der Waals surface area contributed by atoms with E-state index in [9.17, 15) is 4.79 Å². The Bertz CT molecular complexity index is 848. The van der Waals surface area contributed by atoms with Gasteiger partial charge in [0.1, 0.15) is 5.75 Å². The van der Waals surface area contributed by atoms with Crippen molar-refractivity contribution in [3.05, 3.63) is 40.4 Å². The zero-order valence-corrected chi connectivity index (χ0v) is 18.1. The molecule has 4 rings (SSSR count). The Hall–Kier alpha value is -1.59. The Morgan fingerprint density at radius 2 is 1.93 bits per heavy atom. The van der Waals surface area contributed by atoms with Crippen LogP contribution in [0.3, 0.4) is 0 Å². The molecule has 5 heteroatoms. The molecule has 0 radical (unpaired) electrons. The maximum absolute atomic E-state index is 13.2. The molecule has 1 aliphatic heterocycles. The number of carbonyl (C=O) groups is 1. The third-order valence-electron chi connectivity index (χ3n) is 6.18. The molecule has 1 heterocycles. The van der Waals surface area contributed by atoms with E-state index in [2.05, 4.69) is 45.2 Å². The Morgan fingerprint density at radius 3 is 2.68 bits per heavy atom. The van der Waals surface area contributed by atoms with E-state index < -0.39 is 0 Å². The van der Waals surface area contributed by atoms with Gasteiger partial charge in [-0.2, -0.15) is 0 Å². The average molecular weight is 445 g/mol. The first kappa shape index (κ1) is 19.7. The molecule has 1 amide bonds. The molecular weight excluding hydrogens is 416 g/mol. The molecule has 1 N–H and O–H groups in total. The fourth-order valence-electron chi connectivity index (χ4n) is 4.62. The number of amides is 1. The van der Waals surface area contributed by atoms with E-state index in [1.807, 2.05) is 18.2 Å². The summed E-state index contributed by atoms with van der Waals surface area (Å²) in [6.07, 6.45) is 7.12. The van der Waals surface area contributed by atoms with Crippen molar-refractivity contribution in [1.82, 2.24) is 10.2 Å². The Balaban J connectivity index is 1.61. The summed E-state index contributed by atoms with van der Waals surface area (Å²) < 4.78 is 7.35. The second-order valence-corrected chi connectivity index (χ2v) is 8.79. The highest BCUT2D eigenvalue weighted by atomic mass is 79.9. The molecule has 1 saturated carbocycles. The van der Waals surface area contributed by atoms with Crippen molar-refractivity contribution in [1.29, 1.82) is 0 Å². The van der Waals surface area contributed by atoms with Gasteiger partial charge in [-0.3, -0.25) is 9.69 Å². The molecule has 0 spiro atoms. The van der Waals surface area contributed by atoms with E-state index in [1.165, 1.54) is 19.3 Å². The monoisotopic (exact) mass is 444 g/mol. The highest BCUT2D eigenvalue weighted by molar-refractivity contribution is 9.10. The number of ether oxygens (including phenoxy) is 1. The molecule has 150 valence electrons. The SMILES string of the molecule is CCN1CCCC1CNC(=O)c1cc(Br)c2ccccc2c1OC1CCCC1. The molecule has 1 atom stereocenters. The summed E-state index contributed by atoms with van der Waals surface area (Å²) in [5, 5.41) is 5.27. The minimum absolute atomic E-state index is 0.0394. The zero-order chi connectivity index (χ0) is 19.5. The summed E-state index contributed by atoms with van der Waals surface area (Å²) in [5.74, 6) is 0.698. The molecule has 1 saturated heterocycles. The molecular formula is C23H29BrN2O2. The second kappa shape index (κ2) is 8.83. The average Bonchev–Trinajstić information content (AvgIpc) is 3.39. The van der Waals surface area contributed by atoms with Crippen LogP contribution in [0, 0.1) is 0 Å². The molecule has 0 bridgehead atoms. The van der Waals surface area contributed by atoms with Crippen LogP contribution >= 0.6 is 15.9 Å². The van der Waals surface area contributed by atoms with Gasteiger partial charge < -0.3 is 10.1 Å². The van der Waals surface area contributed by atoms with E-state index in [0.717, 1.165) is 53.3 Å². The van der Waals surface area contributed by atoms with Crippen LogP contribution < -0.4 is 10.1 Å². The van der Waals surface area contributed by atoms with Gasteiger partial charge in [-0.15, -0.1) is 0 Å². The van der Waals surface area contributed by atoms with Gasteiger partial charge in [0.15, 0.2) is 0 Å². The predicted octanol–water partition coefficient (Wildman–Crippen LogP) is 5.14. The Kier molecular flexibility index (Phi) is 6.22. The minimum atomic E-state index is -0.0394. The molecule has 1 unspecified atom stereocenters. The van der Waals surface area contributed by atoms with Crippen molar-refractivity contribution in [2.45, 2.75) is 57.6 Å². The number of nitrogens with zero attached hydrogens (tertiary/aromatic N) is 1. The number of carbonyl (C=O) groups excluding carboxylic acids is 1. The topological polar surface area (TPSA) is 41.6 Å². The summed E-state index contributed by atoms with van der Waals surface area (Å²) in [6.45, 7) is 5.06. The minimum Gasteiger partial charge on any atom is -0.489 e. The number of likely N-dealkylation sites (N-methyl/N-ethyl adjacent to an activating group) is 1. The number of likely N-dealkylation sites (tertiary alicyclic amines) is 1. The number of hydrogen-bond acceptors (Lipinski definition) is 3. The number of hydrogen-bond donors (Lipinski definition) is 1. The molecule has 2 aromatic rings. The van der Waals surface area contributed by atoms with Crippen LogP contribution in [0.2, 0.25) is 0 Å². The van der Waals surface area contributed by atoms with Crippen LogP contribution in [0.15, 0.2) is 34.8 Å². The summed E-state index contributed by atoms with van der Waals surface area (Å²) in [4.78, 5) is 15.6. The molecule has 2 fully saturated rings. The molecule has 0 aromatic heterocycles. The Labute approximate surface area is 175 Å². The largest absolute Gasteiger partial charge is 0.489 e. The molecule has 2 aliphatic rings. The lowest BCUT2D eigenvalue weighted by Gasteiger charge is -2.24. The van der Waals surface area contributed by atoms with Gasteiger partial charge in [0, 0.05) is 22.4 Å². The smallest absolute Gasteiger partial charge is 0.255 e. The molecule has 4 nitrogen and oxygen atoms in total. The van der Waals surface area contributed by atoms with Crippen LogP contribution in [0.5, 0.6) is 5.75 Å². The molecule has 28 heavy (non-hydrogen) atoms. The summed E-state index contributed by atoms with van der Waals surface area (Å²) in [5.41, 5.74) is 0.638. The third-order valence-corrected chi connectivity index (χ3v) is 6.84. The van der Waals surface area contributed by atoms with E-state index >= 15 is 0 Å². The lowest BCUT2D eigenvalue weighted by atomic mass is 10.0. The normalized spacial score (nSPS) is 20.7. The van der Waals surface area contributed by atoms with Crippen molar-refractivity contribution in [3.8, 4) is 5.75 Å². The van der Waals surface area contributed by atoms with E-state index in [1.54, 1.807) is 0 Å². The standard InChI is InChI=1S/C23H29BrN2O2/c1-2-26-13-7-8-16(26)15-25-23(27)20-14-21(24)18-11-5-6-12-19(18)22(20)28-17-9-3-4-10-17/h5-6,11-12,14,16-17H,2-4,7-10,13,15H2,1H3,(H,25,27). The summed E-state index contributed by atoms with van der Waals surface area (Å²) in [7, 11) is 0. The Morgan fingerprint density at radius 1 is 1.18 bits per heavy atom. The first-order chi connectivity index (χ1) is 13.7. The first-order valence-corrected chi connectivity index (χ1v) is 11.4. The third kappa shape index (κ3) is 4.06. The van der Waals surface area contributed by atoms with Gasteiger partial charge >= 0.3 is 0 Å². The number of halogens is 1. The van der Waals surface area contributed by atoms with Crippen LogP contribution in [0.1, 0.15) is 55.8 Å². The highest BCUT2D eigenvalue weighted by Crippen LogP contribution is 2.37. The predicted molar refractivity (Wildman–Crippen MR) is 117 cm³/mol. The van der Waals surface area contributed by atoms with E-state index in [0.29, 0.717) is 18.2 Å². The highest BCUT2D eigenvalue weighted by Gasteiger charge is 2.26. The summed E-state index contributed by atoms with van der Waals surface area (Å²) >= 11 is 3.66. The number of fused-ring (bicyclic) bond motifs is 1. The molecule has 2 aromatic carbocycles. The quantitative estimate of drug-likeness (QED) is 0.670. The zero-order valence-electron chi connectivity index (χ0n) is 16.5. The first-order valence-electron chi connectivity index (χ1n) is 10.6. The van der Waals surface area contributed by atoms with Gasteiger partial charge in [-0.1, -0.05) is 47.1 Å². The van der Waals surface area contributed by atoms with Gasteiger partial charge in [0.2, 0.25) is 0 Å². The number of rotatable bonds is 6. The van der Waals surface area contributed by atoms with Gasteiger partial charge in [0.25, 0.3) is 5.91 Å². The van der Waals surface area contributed by atoms with E-state index in [-0.39, 0.29) is 12.0 Å². The van der Waals surface area contributed by atoms with Crippen molar-refractivity contribution in [2.24, 2.45) is 0 Å². The van der Waals surface area contributed by atoms with Crippen LogP contribution in [-0.4, -0.2) is 42.6 Å². The fraction of sp³-hybridized carbons (Fsp3) is 0.522. The number of nitrogens with one attached hydrogen (secondary N) is 1. The van der Waals surface area contributed by atoms with Gasteiger partial charge in [-0.05, 0) is 63.1 Å². The van der Waals surface area contributed by atoms with Crippen molar-refractivity contribution >= 4 is 32.6 Å². The second-order valence-electron chi connectivity index (χ2n) is 7.94. The van der Waals surface area contributed by atoms with Gasteiger partial charge in [0.05, 0.1) is 11.7 Å². The summed E-state index contributed by atoms with van der Waals surface area (Å²) in [6, 6.07) is 10.5. The van der Waals surface area contributed by atoms with Crippen molar-refractivity contribution in [3.63, 3.8) is 0 Å². The number of benzene rings is 2. The van der Waals surface area contributed by atoms with E-state index in [4.69, 9.17) is 4.74 Å². The van der Waals surface area contributed by atoms with Crippen molar-refractivity contribution < 1.29 is 9.53 Å². The maximum atomic E-state index is 13.2. The lowest BCUT2D eigenvalue weighted by molar-refractivity contribution is 0.0934.